The van der Waals surface area contributed by atoms with Crippen molar-refractivity contribution in [1.82, 2.24) is 4.31 Å². The van der Waals surface area contributed by atoms with Gasteiger partial charge in [-0.25, -0.2) is 16.8 Å². The van der Waals surface area contributed by atoms with E-state index < -0.39 is 25.1 Å². The molecule has 1 atom stereocenters. The number of anilines is 1. The largest absolute Gasteiger partial charge is 0.326 e. The first-order chi connectivity index (χ1) is 14.6. The van der Waals surface area contributed by atoms with E-state index in [9.17, 15) is 21.6 Å². The Balaban J connectivity index is 1.88. The predicted molar refractivity (Wildman–Crippen MR) is 121 cm³/mol. The number of sulfone groups is 1. The maximum Gasteiger partial charge on any atom is 0.243 e. The molecule has 31 heavy (non-hydrogen) atoms. The van der Waals surface area contributed by atoms with Crippen LogP contribution in [0.5, 0.6) is 0 Å². The first-order valence-electron chi connectivity index (χ1n) is 9.93. The van der Waals surface area contributed by atoms with E-state index in [1.54, 1.807) is 44.2 Å². The van der Waals surface area contributed by atoms with E-state index in [0.717, 1.165) is 0 Å². The zero-order valence-electron chi connectivity index (χ0n) is 17.3. The molecule has 0 saturated carbocycles. The highest BCUT2D eigenvalue weighted by Crippen LogP contribution is 2.35. The smallest absolute Gasteiger partial charge is 0.243 e. The highest BCUT2D eigenvalue weighted by Gasteiger charge is 2.36. The van der Waals surface area contributed by atoms with Crippen molar-refractivity contribution in [3.63, 3.8) is 0 Å². The van der Waals surface area contributed by atoms with E-state index in [1.807, 2.05) is 0 Å². The van der Waals surface area contributed by atoms with Crippen LogP contribution < -0.4 is 5.32 Å². The highest BCUT2D eigenvalue weighted by molar-refractivity contribution is 7.92. The first kappa shape index (κ1) is 23.7. The number of halogens is 1. The van der Waals surface area contributed by atoms with Gasteiger partial charge in [0.25, 0.3) is 0 Å². The van der Waals surface area contributed by atoms with Gasteiger partial charge in [-0.1, -0.05) is 36.7 Å². The second kappa shape index (κ2) is 9.28. The number of benzene rings is 2. The van der Waals surface area contributed by atoms with Crippen LogP contribution >= 0.6 is 11.6 Å². The van der Waals surface area contributed by atoms with E-state index in [4.69, 9.17) is 11.6 Å². The van der Waals surface area contributed by atoms with Gasteiger partial charge in [0, 0.05) is 30.2 Å². The number of carbonyl (C=O) groups excluding carboxylic acids is 1. The Hall–Kier alpha value is -1.94. The summed E-state index contributed by atoms with van der Waals surface area (Å²) in [5.41, 5.74) is 1.49. The van der Waals surface area contributed by atoms with Gasteiger partial charge in [0.2, 0.25) is 15.9 Å². The maximum absolute atomic E-state index is 13.3. The van der Waals surface area contributed by atoms with Gasteiger partial charge in [-0.15, -0.1) is 0 Å². The number of rotatable bonds is 5. The molecule has 2 aromatic carbocycles. The fourth-order valence-electron chi connectivity index (χ4n) is 3.65. The molecule has 0 spiro atoms. The number of nitrogens with one attached hydrogen (secondary N) is 1. The Kier molecular flexibility index (Phi) is 7.10. The minimum Gasteiger partial charge on any atom is -0.326 e. The maximum atomic E-state index is 13.3. The lowest BCUT2D eigenvalue weighted by Gasteiger charge is -2.21. The molecule has 168 valence electrons. The quantitative estimate of drug-likeness (QED) is 0.699. The lowest BCUT2D eigenvalue weighted by molar-refractivity contribution is -0.115. The third kappa shape index (κ3) is 5.11. The summed E-state index contributed by atoms with van der Waals surface area (Å²) in [6, 6.07) is 11.3. The number of hydrogen-bond donors (Lipinski definition) is 1. The molecule has 2 aromatic rings. The number of hydrogen-bond acceptors (Lipinski definition) is 5. The molecule has 0 bridgehead atoms. The third-order valence-electron chi connectivity index (χ3n) is 5.35. The summed E-state index contributed by atoms with van der Waals surface area (Å²) < 4.78 is 53.6. The second-order valence-corrected chi connectivity index (χ2v) is 12.1. The summed E-state index contributed by atoms with van der Waals surface area (Å²) >= 11 is 6.22. The van der Waals surface area contributed by atoms with Gasteiger partial charge >= 0.3 is 0 Å². The van der Waals surface area contributed by atoms with Crippen molar-refractivity contribution >= 4 is 43.1 Å². The summed E-state index contributed by atoms with van der Waals surface area (Å²) in [4.78, 5) is 11.7. The molecule has 1 unspecified atom stereocenters. The van der Waals surface area contributed by atoms with Gasteiger partial charge in [-0.3, -0.25) is 4.79 Å². The van der Waals surface area contributed by atoms with Crippen molar-refractivity contribution in [2.24, 2.45) is 0 Å². The van der Waals surface area contributed by atoms with E-state index >= 15 is 0 Å². The Bertz CT molecular complexity index is 1200. The Morgan fingerprint density at radius 3 is 2.55 bits per heavy atom. The molecule has 0 aromatic heterocycles. The zero-order valence-corrected chi connectivity index (χ0v) is 19.7. The summed E-state index contributed by atoms with van der Waals surface area (Å²) in [5.74, 6) is -0.454. The molecule has 1 aliphatic rings. The normalized spacial score (nSPS) is 19.5. The molecular formula is C21H25ClN2O5S2. The predicted octanol–water partition coefficient (Wildman–Crippen LogP) is 3.55. The molecule has 7 nitrogen and oxygen atoms in total. The van der Waals surface area contributed by atoms with Crippen LogP contribution in [0.1, 0.15) is 36.1 Å². The fourth-order valence-corrected chi connectivity index (χ4v) is 7.58. The molecular weight excluding hydrogens is 460 g/mol. The summed E-state index contributed by atoms with van der Waals surface area (Å²) in [7, 11) is -7.49. The number of amides is 1. The van der Waals surface area contributed by atoms with Crippen molar-refractivity contribution in [3.8, 4) is 0 Å². The van der Waals surface area contributed by atoms with Gasteiger partial charge in [0.05, 0.1) is 15.9 Å². The zero-order chi connectivity index (χ0) is 22.8. The van der Waals surface area contributed by atoms with Gasteiger partial charge in [-0.2, -0.15) is 4.31 Å². The monoisotopic (exact) mass is 484 g/mol. The average molecular weight is 485 g/mol. The summed E-state index contributed by atoms with van der Waals surface area (Å²) in [6.45, 7) is 3.31. The Morgan fingerprint density at radius 2 is 1.90 bits per heavy atom. The van der Waals surface area contributed by atoms with E-state index in [-0.39, 0.29) is 36.1 Å². The Labute approximate surface area is 188 Å². The molecule has 1 heterocycles. The highest BCUT2D eigenvalue weighted by atomic mass is 35.5. The SMILES string of the molecule is CCC(=O)Nc1ccc(S(=O)(=O)N2CCC(c3ccccc3Cl)S(=O)(=O)CC2)c(C)c1. The van der Waals surface area contributed by atoms with Crippen LogP contribution in [0.25, 0.3) is 0 Å². The van der Waals surface area contributed by atoms with Gasteiger partial charge < -0.3 is 5.32 Å². The van der Waals surface area contributed by atoms with Crippen LogP contribution in [0.2, 0.25) is 5.02 Å². The van der Waals surface area contributed by atoms with Gasteiger partial charge in [0.1, 0.15) is 0 Å². The molecule has 1 N–H and O–H groups in total. The fraction of sp³-hybridized carbons (Fsp3) is 0.381. The van der Waals surface area contributed by atoms with Gasteiger partial charge in [0.15, 0.2) is 9.84 Å². The van der Waals surface area contributed by atoms with Crippen LogP contribution in [0.4, 0.5) is 5.69 Å². The van der Waals surface area contributed by atoms with Crippen molar-refractivity contribution in [2.45, 2.75) is 36.8 Å². The number of sulfonamides is 1. The lowest BCUT2D eigenvalue weighted by Crippen LogP contribution is -2.34. The van der Waals surface area contributed by atoms with Crippen molar-refractivity contribution < 1.29 is 21.6 Å². The van der Waals surface area contributed by atoms with E-state index in [2.05, 4.69) is 5.32 Å². The molecule has 1 saturated heterocycles. The Morgan fingerprint density at radius 1 is 1.19 bits per heavy atom. The van der Waals surface area contributed by atoms with Crippen molar-refractivity contribution in [3.05, 3.63) is 58.6 Å². The number of carbonyl (C=O) groups is 1. The van der Waals surface area contributed by atoms with Crippen molar-refractivity contribution in [1.29, 1.82) is 0 Å². The van der Waals surface area contributed by atoms with E-state index in [1.165, 1.54) is 16.4 Å². The van der Waals surface area contributed by atoms with Crippen molar-refractivity contribution in [2.75, 3.05) is 24.2 Å². The standard InChI is InChI=1S/C21H25ClN2O5S2/c1-3-21(25)23-16-8-9-19(15(2)14-16)31(28,29)24-11-10-20(30(26,27)13-12-24)17-6-4-5-7-18(17)22/h4-9,14,20H,3,10-13H2,1-2H3,(H,23,25). The molecule has 3 rings (SSSR count). The molecule has 0 radical (unpaired) electrons. The average Bonchev–Trinajstić information content (AvgIpc) is 2.86. The number of nitrogens with zero attached hydrogens (tertiary/aromatic N) is 1. The van der Waals surface area contributed by atoms with Crippen LogP contribution in [0.15, 0.2) is 47.4 Å². The molecule has 1 fully saturated rings. The second-order valence-electron chi connectivity index (χ2n) is 7.45. The minimum atomic E-state index is -3.91. The topological polar surface area (TPSA) is 101 Å². The summed E-state index contributed by atoms with van der Waals surface area (Å²) in [5, 5.41) is 2.20. The summed E-state index contributed by atoms with van der Waals surface area (Å²) in [6.07, 6.45) is 0.433. The van der Waals surface area contributed by atoms with Crippen LogP contribution in [0, 0.1) is 6.92 Å². The molecule has 10 heteroatoms. The molecule has 0 aliphatic carbocycles. The minimum absolute atomic E-state index is 0.0607. The van der Waals surface area contributed by atoms with Crippen LogP contribution in [-0.4, -0.2) is 45.9 Å². The third-order valence-corrected chi connectivity index (χ3v) is 9.86. The lowest BCUT2D eigenvalue weighted by atomic mass is 10.1. The van der Waals surface area contributed by atoms with E-state index in [0.29, 0.717) is 28.3 Å². The molecule has 1 aliphatic heterocycles. The molecule has 1 amide bonds. The van der Waals surface area contributed by atoms with Crippen LogP contribution in [-0.2, 0) is 24.7 Å². The van der Waals surface area contributed by atoms with Gasteiger partial charge in [-0.05, 0) is 48.7 Å². The van der Waals surface area contributed by atoms with Crippen LogP contribution in [0.3, 0.4) is 0 Å². The first-order valence-corrected chi connectivity index (χ1v) is 13.5. The number of aryl methyl sites for hydroxylation is 1.